The first kappa shape index (κ1) is 18.1. The Labute approximate surface area is 144 Å². The van der Waals surface area contributed by atoms with Gasteiger partial charge in [-0.25, -0.2) is 4.79 Å². The minimum Gasteiger partial charge on any atom is -0.331 e. The maximum absolute atomic E-state index is 12.7. The molecule has 0 saturated carbocycles. The zero-order chi connectivity index (χ0) is 17.0. The molecule has 1 aromatic carbocycles. The van der Waals surface area contributed by atoms with Crippen LogP contribution in [0.2, 0.25) is 5.02 Å². The van der Waals surface area contributed by atoms with E-state index in [2.05, 4.69) is 17.3 Å². The van der Waals surface area contributed by atoms with Crippen LogP contribution < -0.4 is 5.32 Å². The van der Waals surface area contributed by atoms with Gasteiger partial charge in [0.2, 0.25) is 0 Å². The molecule has 0 aliphatic carbocycles. The predicted octanol–water partition coefficient (Wildman–Crippen LogP) is 3.84. The van der Waals surface area contributed by atoms with E-state index in [0.717, 1.165) is 48.6 Å². The first-order valence-corrected chi connectivity index (χ1v) is 8.82. The quantitative estimate of drug-likeness (QED) is 0.906. The van der Waals surface area contributed by atoms with Gasteiger partial charge < -0.3 is 15.1 Å². The van der Waals surface area contributed by atoms with Gasteiger partial charge in [0.1, 0.15) is 0 Å². The lowest BCUT2D eigenvalue weighted by atomic mass is 10.0. The lowest BCUT2D eigenvalue weighted by molar-refractivity contribution is 0.133. The lowest BCUT2D eigenvalue weighted by Crippen LogP contribution is -2.50. The van der Waals surface area contributed by atoms with Crippen LogP contribution in [0.15, 0.2) is 18.2 Å². The second kappa shape index (κ2) is 8.02. The van der Waals surface area contributed by atoms with Crippen LogP contribution >= 0.6 is 11.6 Å². The molecule has 0 aromatic heterocycles. The molecule has 128 valence electrons. The zero-order valence-corrected chi connectivity index (χ0v) is 15.4. The molecule has 5 heteroatoms. The van der Waals surface area contributed by atoms with Gasteiger partial charge in [0.25, 0.3) is 0 Å². The van der Waals surface area contributed by atoms with Crippen LogP contribution in [0.3, 0.4) is 0 Å². The third-order valence-electron chi connectivity index (χ3n) is 4.85. The van der Waals surface area contributed by atoms with Crippen molar-refractivity contribution in [2.45, 2.75) is 45.7 Å². The lowest BCUT2D eigenvalue weighted by Gasteiger charge is -2.37. The van der Waals surface area contributed by atoms with E-state index in [-0.39, 0.29) is 12.1 Å². The van der Waals surface area contributed by atoms with Crippen molar-refractivity contribution in [2.24, 2.45) is 0 Å². The van der Waals surface area contributed by atoms with E-state index in [1.165, 1.54) is 0 Å². The van der Waals surface area contributed by atoms with Gasteiger partial charge >= 0.3 is 6.03 Å². The summed E-state index contributed by atoms with van der Waals surface area (Å²) in [6, 6.07) is 6.14. The maximum Gasteiger partial charge on any atom is 0.318 e. The van der Waals surface area contributed by atoms with Crippen molar-refractivity contribution in [3.8, 4) is 0 Å². The van der Waals surface area contributed by atoms with E-state index in [1.54, 1.807) is 0 Å². The van der Waals surface area contributed by atoms with E-state index in [0.29, 0.717) is 6.04 Å². The van der Waals surface area contributed by atoms with Crippen LogP contribution in [0.25, 0.3) is 0 Å². The summed E-state index contributed by atoms with van der Waals surface area (Å²) >= 11 is 6.19. The summed E-state index contributed by atoms with van der Waals surface area (Å²) in [4.78, 5) is 17.0. The average Bonchev–Trinajstić information content (AvgIpc) is 2.52. The maximum atomic E-state index is 12.7. The third-order valence-corrected chi connectivity index (χ3v) is 5.26. The summed E-state index contributed by atoms with van der Waals surface area (Å²) in [5.74, 6) is 0. The Hall–Kier alpha value is -1.26. The summed E-state index contributed by atoms with van der Waals surface area (Å²) in [6.07, 6.45) is 2.09. The molecule has 1 heterocycles. The molecule has 1 aliphatic rings. The Kier molecular flexibility index (Phi) is 6.31. The summed E-state index contributed by atoms with van der Waals surface area (Å²) < 4.78 is 0. The van der Waals surface area contributed by atoms with Crippen LogP contribution in [0.5, 0.6) is 0 Å². The largest absolute Gasteiger partial charge is 0.331 e. The number of piperidine rings is 1. The molecule has 1 saturated heterocycles. The van der Waals surface area contributed by atoms with Gasteiger partial charge in [-0.1, -0.05) is 23.7 Å². The van der Waals surface area contributed by atoms with Crippen LogP contribution in [-0.4, -0.2) is 48.6 Å². The minimum atomic E-state index is -0.0542. The number of carbonyl (C=O) groups excluding carboxylic acids is 1. The number of urea groups is 1. The highest BCUT2D eigenvalue weighted by Crippen LogP contribution is 2.24. The number of amides is 2. The standard InChI is InChI=1S/C18H28ClN3O/c1-5-22(15-9-11-21(4)12-10-15)18(23)20-14(3)16-7-6-8-17(19)13(16)2/h6-8,14-15H,5,9-12H2,1-4H3,(H,20,23)/t14-/m1/s1. The number of nitrogens with one attached hydrogen (secondary N) is 1. The Bertz CT molecular complexity index is 541. The molecule has 1 fully saturated rings. The molecular weight excluding hydrogens is 310 g/mol. The molecule has 4 nitrogen and oxygen atoms in total. The zero-order valence-electron chi connectivity index (χ0n) is 14.6. The van der Waals surface area contributed by atoms with Crippen molar-refractivity contribution in [3.63, 3.8) is 0 Å². The topological polar surface area (TPSA) is 35.6 Å². The number of carbonyl (C=O) groups is 1. The first-order valence-electron chi connectivity index (χ1n) is 8.44. The average molecular weight is 338 g/mol. The van der Waals surface area contributed by atoms with Gasteiger partial charge in [-0.3, -0.25) is 0 Å². The monoisotopic (exact) mass is 337 g/mol. The molecule has 0 unspecified atom stereocenters. The number of rotatable bonds is 4. The predicted molar refractivity (Wildman–Crippen MR) is 96.0 cm³/mol. The second-order valence-electron chi connectivity index (χ2n) is 6.45. The summed E-state index contributed by atoms with van der Waals surface area (Å²) in [7, 11) is 2.14. The highest BCUT2D eigenvalue weighted by atomic mass is 35.5. The Morgan fingerprint density at radius 3 is 2.70 bits per heavy atom. The summed E-state index contributed by atoms with van der Waals surface area (Å²) in [5, 5.41) is 3.88. The number of hydrogen-bond donors (Lipinski definition) is 1. The third kappa shape index (κ3) is 4.39. The summed E-state index contributed by atoms with van der Waals surface area (Å²) in [5.41, 5.74) is 2.11. The van der Waals surface area contributed by atoms with Crippen molar-refractivity contribution >= 4 is 17.6 Å². The van der Waals surface area contributed by atoms with Gasteiger partial charge in [0, 0.05) is 17.6 Å². The highest BCUT2D eigenvalue weighted by molar-refractivity contribution is 6.31. The first-order chi connectivity index (χ1) is 10.9. The van der Waals surface area contributed by atoms with Crippen LogP contribution in [-0.2, 0) is 0 Å². The molecule has 1 aliphatic heterocycles. The Morgan fingerprint density at radius 1 is 1.43 bits per heavy atom. The number of likely N-dealkylation sites (tertiary alicyclic amines) is 1. The van der Waals surface area contributed by atoms with Gasteiger partial charge in [0.05, 0.1) is 6.04 Å². The van der Waals surface area contributed by atoms with Crippen molar-refractivity contribution in [3.05, 3.63) is 34.3 Å². The molecule has 0 spiro atoms. The molecule has 2 amide bonds. The number of benzene rings is 1. The Balaban J connectivity index is 2.02. The van der Waals surface area contributed by atoms with Crippen molar-refractivity contribution in [1.29, 1.82) is 0 Å². The number of nitrogens with zero attached hydrogens (tertiary/aromatic N) is 2. The van der Waals surface area contributed by atoms with Crippen molar-refractivity contribution < 1.29 is 4.79 Å². The molecule has 23 heavy (non-hydrogen) atoms. The molecule has 1 N–H and O–H groups in total. The Morgan fingerprint density at radius 2 is 2.09 bits per heavy atom. The molecule has 1 atom stereocenters. The van der Waals surface area contributed by atoms with E-state index in [1.807, 2.05) is 43.9 Å². The molecular formula is C18H28ClN3O. The second-order valence-corrected chi connectivity index (χ2v) is 6.85. The highest BCUT2D eigenvalue weighted by Gasteiger charge is 2.26. The molecule has 2 rings (SSSR count). The molecule has 1 aromatic rings. The fraction of sp³-hybridized carbons (Fsp3) is 0.611. The van der Waals surface area contributed by atoms with Crippen LogP contribution in [0, 0.1) is 6.92 Å². The van der Waals surface area contributed by atoms with Gasteiger partial charge in [0.15, 0.2) is 0 Å². The van der Waals surface area contributed by atoms with E-state index < -0.39 is 0 Å². The minimum absolute atomic E-state index is 0.0222. The summed E-state index contributed by atoms with van der Waals surface area (Å²) in [6.45, 7) is 8.90. The molecule has 0 radical (unpaired) electrons. The van der Waals surface area contributed by atoms with Gasteiger partial charge in [-0.15, -0.1) is 0 Å². The fourth-order valence-electron chi connectivity index (χ4n) is 3.31. The van der Waals surface area contributed by atoms with E-state index >= 15 is 0 Å². The van der Waals surface area contributed by atoms with Crippen molar-refractivity contribution in [2.75, 3.05) is 26.7 Å². The normalized spacial score (nSPS) is 17.8. The van der Waals surface area contributed by atoms with Crippen LogP contribution in [0.1, 0.15) is 43.9 Å². The van der Waals surface area contributed by atoms with Gasteiger partial charge in [-0.2, -0.15) is 0 Å². The van der Waals surface area contributed by atoms with Crippen molar-refractivity contribution in [1.82, 2.24) is 15.1 Å². The number of halogens is 1. The smallest absolute Gasteiger partial charge is 0.318 e. The van der Waals surface area contributed by atoms with E-state index in [9.17, 15) is 4.79 Å². The molecule has 0 bridgehead atoms. The van der Waals surface area contributed by atoms with Crippen LogP contribution in [0.4, 0.5) is 4.79 Å². The van der Waals surface area contributed by atoms with Gasteiger partial charge in [-0.05, 0) is 70.9 Å². The van der Waals surface area contributed by atoms with E-state index in [4.69, 9.17) is 11.6 Å². The number of hydrogen-bond acceptors (Lipinski definition) is 2. The fourth-order valence-corrected chi connectivity index (χ4v) is 3.50. The SMILES string of the molecule is CCN(C(=O)N[C@H](C)c1cccc(Cl)c1C)C1CCN(C)CC1.